The third-order valence-corrected chi connectivity index (χ3v) is 6.58. The topological polar surface area (TPSA) is 122 Å². The summed E-state index contributed by atoms with van der Waals surface area (Å²) >= 11 is 0. The van der Waals surface area contributed by atoms with Crippen molar-refractivity contribution in [3.8, 4) is 0 Å². The first-order valence-corrected chi connectivity index (χ1v) is 12.6. The van der Waals surface area contributed by atoms with E-state index in [1.807, 2.05) is 27.7 Å². The first-order valence-electron chi connectivity index (χ1n) is 11.0. The average Bonchev–Trinajstić information content (AvgIpc) is 2.65. The fraction of sp³-hybridized carbons (Fsp3) is 0.905. The molecule has 0 bridgehead atoms. The van der Waals surface area contributed by atoms with Crippen molar-refractivity contribution in [2.24, 2.45) is 5.92 Å². The number of nitrogens with zero attached hydrogens (tertiary/aromatic N) is 1. The van der Waals surface area contributed by atoms with Crippen LogP contribution in [0, 0.1) is 5.92 Å². The highest BCUT2D eigenvalue weighted by atomic mass is 32.2. The lowest BCUT2D eigenvalue weighted by molar-refractivity contribution is 0.0618. The van der Waals surface area contributed by atoms with E-state index in [0.717, 1.165) is 25.7 Å². The van der Waals surface area contributed by atoms with E-state index >= 15 is 0 Å². The number of hydrogen-bond donors (Lipinski definition) is 2. The molecule has 0 aromatic heterocycles. The molecule has 0 rings (SSSR count). The van der Waals surface area contributed by atoms with Gasteiger partial charge < -0.3 is 19.7 Å². The Morgan fingerprint density at radius 1 is 1.06 bits per heavy atom. The lowest BCUT2D eigenvalue weighted by Crippen LogP contribution is -2.55. The maximum Gasteiger partial charge on any atom is 0.409 e. The van der Waals surface area contributed by atoms with E-state index in [0.29, 0.717) is 25.4 Å². The molecule has 1 unspecified atom stereocenters. The minimum Gasteiger partial charge on any atom is -0.450 e. The Labute approximate surface area is 188 Å². The Bertz CT molecular complexity index is 663. The van der Waals surface area contributed by atoms with Gasteiger partial charge in [-0.25, -0.2) is 9.59 Å². The average molecular weight is 467 g/mol. The van der Waals surface area contributed by atoms with Gasteiger partial charge in [-0.2, -0.15) is 8.42 Å². The summed E-state index contributed by atoms with van der Waals surface area (Å²) in [6.45, 7) is 11.7. The SMILES string of the molecule is CCC(CC)CCCOC(=O)NC(C)(CC)CC(C)(C)N(C)C(=O)OCCS(=O)(=O)O. The highest BCUT2D eigenvalue weighted by Gasteiger charge is 2.37. The summed E-state index contributed by atoms with van der Waals surface area (Å²) in [7, 11) is -2.66. The van der Waals surface area contributed by atoms with Crippen LogP contribution in [0.2, 0.25) is 0 Å². The summed E-state index contributed by atoms with van der Waals surface area (Å²) in [5.41, 5.74) is -1.33. The van der Waals surface area contributed by atoms with E-state index in [4.69, 9.17) is 14.0 Å². The second-order valence-corrected chi connectivity index (χ2v) is 10.5. The van der Waals surface area contributed by atoms with E-state index in [9.17, 15) is 18.0 Å². The Morgan fingerprint density at radius 3 is 2.13 bits per heavy atom. The van der Waals surface area contributed by atoms with Crippen molar-refractivity contribution in [2.45, 2.75) is 91.1 Å². The molecule has 9 nitrogen and oxygen atoms in total. The zero-order valence-corrected chi connectivity index (χ0v) is 21.0. The molecule has 0 fully saturated rings. The Morgan fingerprint density at radius 2 is 1.65 bits per heavy atom. The van der Waals surface area contributed by atoms with Crippen LogP contribution < -0.4 is 5.32 Å². The van der Waals surface area contributed by atoms with Crippen LogP contribution in [0.4, 0.5) is 9.59 Å². The number of amides is 2. The van der Waals surface area contributed by atoms with Crippen LogP contribution >= 0.6 is 0 Å². The lowest BCUT2D eigenvalue weighted by atomic mass is 9.83. The third-order valence-electron chi connectivity index (χ3n) is 5.90. The van der Waals surface area contributed by atoms with Crippen LogP contribution in [0.25, 0.3) is 0 Å². The standard InChI is InChI=1S/C21H42N2O7S/c1-8-17(9-2)12-11-13-29-18(24)22-21(6,10-3)16-20(4,5)23(7)19(25)30-14-15-31(26,27)28/h17H,8-16H2,1-7H3,(H,22,24)(H,26,27,28). The molecule has 0 saturated heterocycles. The van der Waals surface area contributed by atoms with Crippen LogP contribution in [0.15, 0.2) is 0 Å². The van der Waals surface area contributed by atoms with Gasteiger partial charge in [-0.15, -0.1) is 0 Å². The molecule has 184 valence electrons. The van der Waals surface area contributed by atoms with E-state index in [-0.39, 0.29) is 0 Å². The zero-order valence-electron chi connectivity index (χ0n) is 20.2. The maximum atomic E-state index is 12.3. The van der Waals surface area contributed by atoms with E-state index < -0.39 is 45.7 Å². The van der Waals surface area contributed by atoms with Crippen molar-refractivity contribution in [3.63, 3.8) is 0 Å². The molecular formula is C21H42N2O7S. The summed E-state index contributed by atoms with van der Waals surface area (Å²) in [6.07, 6.45) is 3.94. The van der Waals surface area contributed by atoms with Crippen molar-refractivity contribution in [1.82, 2.24) is 10.2 Å². The largest absolute Gasteiger partial charge is 0.450 e. The highest BCUT2D eigenvalue weighted by molar-refractivity contribution is 7.85. The maximum absolute atomic E-state index is 12.3. The summed E-state index contributed by atoms with van der Waals surface area (Å²) in [4.78, 5) is 25.9. The zero-order chi connectivity index (χ0) is 24.3. The third kappa shape index (κ3) is 12.2. The van der Waals surface area contributed by atoms with Gasteiger partial charge in [-0.05, 0) is 52.4 Å². The highest BCUT2D eigenvalue weighted by Crippen LogP contribution is 2.28. The molecule has 2 N–H and O–H groups in total. The Balaban J connectivity index is 4.74. The summed E-state index contributed by atoms with van der Waals surface area (Å²) < 4.78 is 40.6. The second-order valence-electron chi connectivity index (χ2n) is 8.95. The number of hydrogen-bond acceptors (Lipinski definition) is 6. The Kier molecular flexibility index (Phi) is 12.4. The van der Waals surface area contributed by atoms with Gasteiger partial charge in [0.15, 0.2) is 0 Å². The molecule has 0 heterocycles. The van der Waals surface area contributed by atoms with Crippen molar-refractivity contribution < 1.29 is 32.0 Å². The van der Waals surface area contributed by atoms with E-state index in [1.54, 1.807) is 7.05 Å². The monoisotopic (exact) mass is 466 g/mol. The number of alkyl carbamates (subject to hydrolysis) is 1. The van der Waals surface area contributed by atoms with Crippen LogP contribution in [-0.2, 0) is 19.6 Å². The molecule has 31 heavy (non-hydrogen) atoms. The minimum absolute atomic E-state index is 0.367. The summed E-state index contributed by atoms with van der Waals surface area (Å²) in [5.74, 6) is -0.00852. The van der Waals surface area contributed by atoms with Gasteiger partial charge in [0, 0.05) is 18.1 Å². The number of ether oxygens (including phenoxy) is 2. The van der Waals surface area contributed by atoms with E-state index in [1.165, 1.54) is 4.90 Å². The van der Waals surface area contributed by atoms with E-state index in [2.05, 4.69) is 19.2 Å². The van der Waals surface area contributed by atoms with Crippen LogP contribution in [-0.4, -0.2) is 67.1 Å². The van der Waals surface area contributed by atoms with Crippen molar-refractivity contribution in [1.29, 1.82) is 0 Å². The number of nitrogens with one attached hydrogen (secondary N) is 1. The number of carbonyl (C=O) groups is 2. The summed E-state index contributed by atoms with van der Waals surface area (Å²) in [5, 5.41) is 2.92. The molecule has 2 amide bonds. The summed E-state index contributed by atoms with van der Waals surface area (Å²) in [6, 6.07) is 0. The van der Waals surface area contributed by atoms with Crippen LogP contribution in [0.1, 0.15) is 80.1 Å². The van der Waals surface area contributed by atoms with Gasteiger partial charge in [0.1, 0.15) is 12.4 Å². The Hall–Kier alpha value is -1.55. The molecule has 0 aromatic carbocycles. The molecule has 0 radical (unpaired) electrons. The normalized spacial score (nSPS) is 14.1. The van der Waals surface area contributed by atoms with Crippen LogP contribution in [0.5, 0.6) is 0 Å². The van der Waals surface area contributed by atoms with Gasteiger partial charge in [-0.1, -0.05) is 33.6 Å². The molecule has 1 atom stereocenters. The first-order chi connectivity index (χ1) is 14.2. The smallest absolute Gasteiger partial charge is 0.409 e. The van der Waals surface area contributed by atoms with Gasteiger partial charge in [0.2, 0.25) is 0 Å². The fourth-order valence-corrected chi connectivity index (χ4v) is 3.72. The molecular weight excluding hydrogens is 424 g/mol. The molecule has 0 spiro atoms. The molecule has 0 aromatic rings. The van der Waals surface area contributed by atoms with Crippen LogP contribution in [0.3, 0.4) is 0 Å². The van der Waals surface area contributed by atoms with Gasteiger partial charge in [0.05, 0.1) is 6.61 Å². The first kappa shape index (κ1) is 29.5. The quantitative estimate of drug-likeness (QED) is 0.290. The number of rotatable bonds is 14. The van der Waals surface area contributed by atoms with Crippen molar-refractivity contribution in [2.75, 3.05) is 26.0 Å². The lowest BCUT2D eigenvalue weighted by Gasteiger charge is -2.42. The predicted molar refractivity (Wildman–Crippen MR) is 121 cm³/mol. The van der Waals surface area contributed by atoms with Crippen molar-refractivity contribution >= 4 is 22.3 Å². The number of carbonyl (C=O) groups excluding carboxylic acids is 2. The molecule has 0 aliphatic carbocycles. The predicted octanol–water partition coefficient (Wildman–Crippen LogP) is 4.22. The second kappa shape index (κ2) is 13.1. The van der Waals surface area contributed by atoms with Crippen molar-refractivity contribution in [3.05, 3.63) is 0 Å². The van der Waals surface area contributed by atoms with Gasteiger partial charge in [0.25, 0.3) is 10.1 Å². The molecule has 0 aliphatic heterocycles. The van der Waals surface area contributed by atoms with Gasteiger partial charge >= 0.3 is 12.2 Å². The molecule has 0 saturated carbocycles. The van der Waals surface area contributed by atoms with Gasteiger partial charge in [-0.3, -0.25) is 4.55 Å². The molecule has 10 heteroatoms. The fourth-order valence-electron chi connectivity index (χ4n) is 3.43. The molecule has 0 aliphatic rings. The minimum atomic E-state index is -4.20.